The SMILES string of the molecule is Cc1noc(C)c1S(=O)(=O)Nc1ccc2c(c1)C(=O)N([C@@H](C)CO)C[C@@H](C)[C@@H](CN(C)Cc1ccc(Oc3ccccc3)cc1)O2. The van der Waals surface area contributed by atoms with Gasteiger partial charge in [0.25, 0.3) is 15.9 Å². The molecule has 1 amide bonds. The van der Waals surface area contributed by atoms with E-state index in [1.54, 1.807) is 30.9 Å². The van der Waals surface area contributed by atoms with Crippen LogP contribution in [0.4, 0.5) is 5.69 Å². The molecule has 2 heterocycles. The monoisotopic (exact) mass is 648 g/mol. The van der Waals surface area contributed by atoms with Crippen molar-refractivity contribution in [3.63, 3.8) is 0 Å². The molecule has 2 N–H and O–H groups in total. The van der Waals surface area contributed by atoms with Crippen LogP contribution in [0.3, 0.4) is 0 Å². The van der Waals surface area contributed by atoms with E-state index in [0.717, 1.165) is 17.1 Å². The van der Waals surface area contributed by atoms with Crippen molar-refractivity contribution in [3.05, 3.63) is 95.4 Å². The Balaban J connectivity index is 1.35. The molecular weight excluding hydrogens is 608 g/mol. The van der Waals surface area contributed by atoms with Gasteiger partial charge in [-0.05, 0) is 75.8 Å². The second kappa shape index (κ2) is 13.9. The van der Waals surface area contributed by atoms with E-state index in [0.29, 0.717) is 25.4 Å². The molecule has 3 atom stereocenters. The molecule has 1 aromatic heterocycles. The quantitative estimate of drug-likeness (QED) is 0.224. The Bertz CT molecular complexity index is 1740. The van der Waals surface area contributed by atoms with Crippen LogP contribution in [0.15, 0.2) is 82.2 Å². The van der Waals surface area contributed by atoms with Gasteiger partial charge in [0.05, 0.1) is 18.2 Å². The van der Waals surface area contributed by atoms with Crippen molar-refractivity contribution in [2.45, 2.75) is 51.3 Å². The average Bonchev–Trinajstić information content (AvgIpc) is 3.38. The Morgan fingerprint density at radius 2 is 1.78 bits per heavy atom. The molecule has 1 aliphatic rings. The predicted octanol–water partition coefficient (Wildman–Crippen LogP) is 5.24. The number of hydrogen-bond acceptors (Lipinski definition) is 9. The Labute approximate surface area is 269 Å². The summed E-state index contributed by atoms with van der Waals surface area (Å²) in [7, 11) is -2.03. The normalized spacial score (nSPS) is 17.5. The standard InChI is InChI=1S/C34H40N4O7S/c1-22-18-38(23(2)21-39)34(40)30-17-27(36-46(41,42)33-24(3)35-45-25(33)4)13-16-31(30)44-32(22)20-37(5)19-26-11-14-29(15-12-26)43-28-9-7-6-8-10-28/h6-17,22-23,32,36,39H,18-21H2,1-5H3/t22-,23+,32-/m1/s1. The lowest BCUT2D eigenvalue weighted by atomic mass is 9.99. The van der Waals surface area contributed by atoms with Crippen molar-refractivity contribution in [3.8, 4) is 17.2 Å². The summed E-state index contributed by atoms with van der Waals surface area (Å²) in [5.74, 6) is 1.60. The zero-order valence-electron chi connectivity index (χ0n) is 26.6. The third-order valence-electron chi connectivity index (χ3n) is 8.00. The van der Waals surface area contributed by atoms with Crippen molar-refractivity contribution >= 4 is 21.6 Å². The smallest absolute Gasteiger partial charge is 0.267 e. The lowest BCUT2D eigenvalue weighted by molar-refractivity contribution is 0.0341. The van der Waals surface area contributed by atoms with Crippen molar-refractivity contribution in [2.75, 3.05) is 31.5 Å². The van der Waals surface area contributed by atoms with Crippen LogP contribution >= 0.6 is 0 Å². The van der Waals surface area contributed by atoms with E-state index in [4.69, 9.17) is 14.0 Å². The highest BCUT2D eigenvalue weighted by atomic mass is 32.2. The summed E-state index contributed by atoms with van der Waals surface area (Å²) in [6.07, 6.45) is -0.309. The highest BCUT2D eigenvalue weighted by molar-refractivity contribution is 7.92. The molecule has 0 radical (unpaired) electrons. The summed E-state index contributed by atoms with van der Waals surface area (Å²) in [4.78, 5) is 17.5. The number of aromatic nitrogens is 1. The summed E-state index contributed by atoms with van der Waals surface area (Å²) in [5, 5.41) is 13.7. The lowest BCUT2D eigenvalue weighted by Crippen LogP contribution is -2.49. The van der Waals surface area contributed by atoms with E-state index in [2.05, 4.69) is 14.8 Å². The van der Waals surface area contributed by atoms with Crippen LogP contribution in [0.1, 0.15) is 41.2 Å². The highest BCUT2D eigenvalue weighted by Gasteiger charge is 2.34. The second-order valence-corrected chi connectivity index (χ2v) is 13.5. The van der Waals surface area contributed by atoms with E-state index in [1.165, 1.54) is 13.0 Å². The molecule has 0 bridgehead atoms. The van der Waals surface area contributed by atoms with Gasteiger partial charge in [0.1, 0.15) is 29.0 Å². The van der Waals surface area contributed by atoms with Gasteiger partial charge < -0.3 is 24.0 Å². The molecular formula is C34H40N4O7S. The number of benzene rings is 3. The number of hydrogen-bond donors (Lipinski definition) is 2. The Morgan fingerprint density at radius 3 is 2.43 bits per heavy atom. The number of sulfonamides is 1. The number of aliphatic hydroxyl groups is 1. The summed E-state index contributed by atoms with van der Waals surface area (Å²) in [6.45, 7) is 8.21. The number of amides is 1. The third kappa shape index (κ3) is 7.52. The minimum atomic E-state index is -4.04. The number of aryl methyl sites for hydroxylation is 2. The fourth-order valence-corrected chi connectivity index (χ4v) is 6.92. The molecule has 4 aromatic rings. The van der Waals surface area contributed by atoms with Crippen LogP contribution in [0.5, 0.6) is 17.2 Å². The maximum absolute atomic E-state index is 13.8. The number of para-hydroxylation sites is 1. The zero-order valence-corrected chi connectivity index (χ0v) is 27.5. The van der Waals surface area contributed by atoms with Crippen molar-refractivity contribution in [1.82, 2.24) is 15.0 Å². The van der Waals surface area contributed by atoms with Gasteiger partial charge in [0, 0.05) is 31.2 Å². The van der Waals surface area contributed by atoms with Crippen molar-refractivity contribution < 1.29 is 32.3 Å². The Hall–Kier alpha value is -4.39. The molecule has 0 unspecified atom stereocenters. The molecule has 5 rings (SSSR count). The molecule has 0 saturated heterocycles. The van der Waals surface area contributed by atoms with Gasteiger partial charge in [0.2, 0.25) is 0 Å². The first-order valence-corrected chi connectivity index (χ1v) is 16.6. The molecule has 0 aliphatic carbocycles. The molecule has 0 saturated carbocycles. The lowest BCUT2D eigenvalue weighted by Gasteiger charge is -2.38. The number of aliphatic hydroxyl groups excluding tert-OH is 1. The molecule has 12 heteroatoms. The number of carbonyl (C=O) groups is 1. The highest BCUT2D eigenvalue weighted by Crippen LogP contribution is 2.32. The number of nitrogens with zero attached hydrogens (tertiary/aromatic N) is 3. The fraction of sp³-hybridized carbons (Fsp3) is 0.353. The topological polar surface area (TPSA) is 134 Å². The van der Waals surface area contributed by atoms with Crippen molar-refractivity contribution in [1.29, 1.82) is 0 Å². The number of ether oxygens (including phenoxy) is 2. The van der Waals surface area contributed by atoms with E-state index < -0.39 is 16.1 Å². The zero-order chi connectivity index (χ0) is 33.0. The maximum Gasteiger partial charge on any atom is 0.267 e. The van der Waals surface area contributed by atoms with Gasteiger partial charge in [0.15, 0.2) is 10.7 Å². The van der Waals surface area contributed by atoms with Gasteiger partial charge in [-0.15, -0.1) is 0 Å². The summed E-state index contributed by atoms with van der Waals surface area (Å²) in [6, 6.07) is 21.7. The number of anilines is 1. The van der Waals surface area contributed by atoms with Crippen LogP contribution in [0, 0.1) is 19.8 Å². The van der Waals surface area contributed by atoms with Crippen molar-refractivity contribution in [2.24, 2.45) is 5.92 Å². The van der Waals surface area contributed by atoms with E-state index in [-0.39, 0.29) is 52.1 Å². The van der Waals surface area contributed by atoms with E-state index in [1.807, 2.05) is 68.6 Å². The van der Waals surface area contributed by atoms with E-state index >= 15 is 0 Å². The first-order valence-electron chi connectivity index (χ1n) is 15.1. The average molecular weight is 649 g/mol. The third-order valence-corrected chi connectivity index (χ3v) is 9.62. The molecule has 46 heavy (non-hydrogen) atoms. The van der Waals surface area contributed by atoms with E-state index in [9.17, 15) is 18.3 Å². The fourth-order valence-electron chi connectivity index (χ4n) is 5.54. The number of likely N-dealkylation sites (N-methyl/N-ethyl adjacent to an activating group) is 1. The second-order valence-electron chi connectivity index (χ2n) is 11.8. The van der Waals surface area contributed by atoms with Crippen LogP contribution < -0.4 is 14.2 Å². The summed E-state index contributed by atoms with van der Waals surface area (Å²) < 4.78 is 46.4. The molecule has 3 aromatic carbocycles. The number of nitrogens with one attached hydrogen (secondary N) is 1. The molecule has 0 spiro atoms. The largest absolute Gasteiger partial charge is 0.488 e. The molecule has 1 aliphatic heterocycles. The van der Waals surface area contributed by atoms with Gasteiger partial charge in [-0.25, -0.2) is 8.42 Å². The summed E-state index contributed by atoms with van der Waals surface area (Å²) >= 11 is 0. The Kier molecular flexibility index (Phi) is 10.00. The number of carbonyl (C=O) groups excluding carboxylic acids is 1. The minimum absolute atomic E-state index is 0.0485. The molecule has 11 nitrogen and oxygen atoms in total. The maximum atomic E-state index is 13.8. The van der Waals surface area contributed by atoms with Gasteiger partial charge in [-0.2, -0.15) is 0 Å². The number of fused-ring (bicyclic) bond motifs is 1. The minimum Gasteiger partial charge on any atom is -0.488 e. The first kappa shape index (κ1) is 33.0. The molecule has 0 fully saturated rings. The summed E-state index contributed by atoms with van der Waals surface area (Å²) in [5.41, 5.74) is 1.72. The first-order chi connectivity index (χ1) is 21.9. The van der Waals surface area contributed by atoms with Crippen LogP contribution in [-0.2, 0) is 16.6 Å². The van der Waals surface area contributed by atoms with Crippen LogP contribution in [-0.4, -0.2) is 73.3 Å². The number of rotatable bonds is 11. The van der Waals surface area contributed by atoms with Crippen LogP contribution in [0.25, 0.3) is 0 Å². The van der Waals surface area contributed by atoms with Gasteiger partial charge in [-0.1, -0.05) is 42.4 Å². The van der Waals surface area contributed by atoms with Gasteiger partial charge in [-0.3, -0.25) is 14.4 Å². The Morgan fingerprint density at radius 1 is 1.09 bits per heavy atom. The molecule has 244 valence electrons. The van der Waals surface area contributed by atoms with Crippen LogP contribution in [0.2, 0.25) is 0 Å². The van der Waals surface area contributed by atoms with Gasteiger partial charge >= 0.3 is 0 Å². The predicted molar refractivity (Wildman–Crippen MR) is 174 cm³/mol.